The van der Waals surface area contributed by atoms with Crippen LogP contribution in [0.15, 0.2) is 55.1 Å². The van der Waals surface area contributed by atoms with Crippen molar-refractivity contribution in [3.05, 3.63) is 71.8 Å². The van der Waals surface area contributed by atoms with E-state index in [1.807, 2.05) is 0 Å². The number of ether oxygens (including phenoxy) is 1. The van der Waals surface area contributed by atoms with E-state index in [4.69, 9.17) is 9.84 Å². The highest BCUT2D eigenvalue weighted by atomic mass is 16.5. The number of nitrogens with one attached hydrogen (secondary N) is 1. The quantitative estimate of drug-likeness (QED) is 0.731. The fourth-order valence-electron chi connectivity index (χ4n) is 3.06. The van der Waals surface area contributed by atoms with Crippen LogP contribution >= 0.6 is 0 Å². The Labute approximate surface area is 149 Å². The van der Waals surface area contributed by atoms with Gasteiger partial charge in [-0.1, -0.05) is 24.3 Å². The standard InChI is InChI=1S/C19H16N4O3/c24-19(25)14-7-16(10-20-9-14)26-18-8-17(21-11-22-18)23-15-5-12-3-1-2-4-13(12)6-15/h1-4,7-11,15H,5-6H2,(H,24,25)(H,21,22,23). The molecule has 2 N–H and O–H groups in total. The average Bonchev–Trinajstić information content (AvgIpc) is 3.04. The highest BCUT2D eigenvalue weighted by Crippen LogP contribution is 2.25. The number of hydrogen-bond acceptors (Lipinski definition) is 6. The first-order valence-electron chi connectivity index (χ1n) is 8.19. The fourth-order valence-corrected chi connectivity index (χ4v) is 3.06. The van der Waals surface area contributed by atoms with Crippen LogP contribution in [-0.4, -0.2) is 32.1 Å². The van der Waals surface area contributed by atoms with Crippen molar-refractivity contribution in [2.45, 2.75) is 18.9 Å². The van der Waals surface area contributed by atoms with E-state index in [1.54, 1.807) is 6.07 Å². The predicted molar refractivity (Wildman–Crippen MR) is 94.6 cm³/mol. The van der Waals surface area contributed by atoms with Gasteiger partial charge in [0.15, 0.2) is 0 Å². The second-order valence-corrected chi connectivity index (χ2v) is 6.08. The van der Waals surface area contributed by atoms with Gasteiger partial charge in [0.2, 0.25) is 5.88 Å². The van der Waals surface area contributed by atoms with Crippen LogP contribution in [0.3, 0.4) is 0 Å². The van der Waals surface area contributed by atoms with Crippen LogP contribution in [0.5, 0.6) is 11.6 Å². The number of aromatic nitrogens is 3. The van der Waals surface area contributed by atoms with Crippen LogP contribution in [0.1, 0.15) is 21.5 Å². The number of rotatable bonds is 5. The van der Waals surface area contributed by atoms with Crippen LogP contribution in [-0.2, 0) is 12.8 Å². The topological polar surface area (TPSA) is 97.2 Å². The smallest absolute Gasteiger partial charge is 0.337 e. The Balaban J connectivity index is 1.46. The molecule has 2 heterocycles. The van der Waals surface area contributed by atoms with Gasteiger partial charge in [0.1, 0.15) is 17.9 Å². The summed E-state index contributed by atoms with van der Waals surface area (Å²) in [4.78, 5) is 23.2. The van der Waals surface area contributed by atoms with E-state index in [2.05, 4.69) is 44.5 Å². The third-order valence-electron chi connectivity index (χ3n) is 4.23. The molecular formula is C19H16N4O3. The summed E-state index contributed by atoms with van der Waals surface area (Å²) in [5, 5.41) is 12.4. The summed E-state index contributed by atoms with van der Waals surface area (Å²) in [5.41, 5.74) is 2.76. The average molecular weight is 348 g/mol. The number of carboxylic acid groups (broad SMARTS) is 1. The summed E-state index contributed by atoms with van der Waals surface area (Å²) in [6.07, 6.45) is 6.01. The SMILES string of the molecule is O=C(O)c1cncc(Oc2cc(NC3Cc4ccccc4C3)ncn2)c1. The van der Waals surface area contributed by atoms with Crippen LogP contribution in [0.4, 0.5) is 5.82 Å². The zero-order valence-electron chi connectivity index (χ0n) is 13.8. The molecule has 3 aromatic rings. The summed E-state index contributed by atoms with van der Waals surface area (Å²) in [5.74, 6) is 0.231. The molecule has 7 nitrogen and oxygen atoms in total. The van der Waals surface area contributed by atoms with Crippen molar-refractivity contribution in [1.29, 1.82) is 0 Å². The van der Waals surface area contributed by atoms with E-state index >= 15 is 0 Å². The third-order valence-corrected chi connectivity index (χ3v) is 4.23. The van der Waals surface area contributed by atoms with Gasteiger partial charge in [0.05, 0.1) is 11.8 Å². The molecule has 0 unspecified atom stereocenters. The van der Waals surface area contributed by atoms with Gasteiger partial charge in [-0.3, -0.25) is 4.98 Å². The van der Waals surface area contributed by atoms with E-state index in [0.717, 1.165) is 12.8 Å². The molecule has 0 aliphatic heterocycles. The van der Waals surface area contributed by atoms with Gasteiger partial charge in [-0.15, -0.1) is 0 Å². The molecule has 0 radical (unpaired) electrons. The number of carboxylic acids is 1. The highest BCUT2D eigenvalue weighted by molar-refractivity contribution is 5.87. The lowest BCUT2D eigenvalue weighted by Gasteiger charge is -2.13. The van der Waals surface area contributed by atoms with Crippen LogP contribution in [0.2, 0.25) is 0 Å². The van der Waals surface area contributed by atoms with Crippen molar-refractivity contribution in [2.75, 3.05) is 5.32 Å². The van der Waals surface area contributed by atoms with E-state index in [-0.39, 0.29) is 11.6 Å². The monoisotopic (exact) mass is 348 g/mol. The molecule has 1 aliphatic carbocycles. The second-order valence-electron chi connectivity index (χ2n) is 6.08. The van der Waals surface area contributed by atoms with Crippen molar-refractivity contribution < 1.29 is 14.6 Å². The summed E-state index contributed by atoms with van der Waals surface area (Å²) < 4.78 is 5.62. The summed E-state index contributed by atoms with van der Waals surface area (Å²) in [7, 11) is 0. The van der Waals surface area contributed by atoms with Crippen LogP contribution < -0.4 is 10.1 Å². The Morgan fingerprint density at radius 1 is 1.12 bits per heavy atom. The highest BCUT2D eigenvalue weighted by Gasteiger charge is 2.21. The van der Waals surface area contributed by atoms with Gasteiger partial charge in [-0.2, -0.15) is 0 Å². The number of carbonyl (C=O) groups is 1. The largest absolute Gasteiger partial charge is 0.478 e. The fraction of sp³-hybridized carbons (Fsp3) is 0.158. The lowest BCUT2D eigenvalue weighted by molar-refractivity contribution is 0.0696. The van der Waals surface area contributed by atoms with Crippen molar-refractivity contribution in [3.8, 4) is 11.6 Å². The van der Waals surface area contributed by atoms with Crippen molar-refractivity contribution in [1.82, 2.24) is 15.0 Å². The summed E-state index contributed by atoms with van der Waals surface area (Å²) >= 11 is 0. The molecule has 130 valence electrons. The van der Waals surface area contributed by atoms with Crippen molar-refractivity contribution in [2.24, 2.45) is 0 Å². The Bertz CT molecular complexity index is 936. The molecule has 0 amide bonds. The Hall–Kier alpha value is -3.48. The minimum absolute atomic E-state index is 0.0543. The third kappa shape index (κ3) is 3.46. The van der Waals surface area contributed by atoms with E-state index in [9.17, 15) is 4.79 Å². The molecule has 0 saturated heterocycles. The molecule has 1 aliphatic rings. The molecule has 0 saturated carbocycles. The van der Waals surface area contributed by atoms with Gasteiger partial charge >= 0.3 is 5.97 Å². The van der Waals surface area contributed by atoms with Crippen molar-refractivity contribution in [3.63, 3.8) is 0 Å². The summed E-state index contributed by atoms with van der Waals surface area (Å²) in [6, 6.07) is 11.8. The molecule has 4 rings (SSSR count). The second kappa shape index (κ2) is 6.79. The number of fused-ring (bicyclic) bond motifs is 1. The Kier molecular flexibility index (Phi) is 4.18. The van der Waals surface area contributed by atoms with E-state index < -0.39 is 5.97 Å². The van der Waals surface area contributed by atoms with E-state index in [0.29, 0.717) is 17.4 Å². The molecule has 0 bridgehead atoms. The molecule has 2 aromatic heterocycles. The number of pyridine rings is 1. The van der Waals surface area contributed by atoms with Gasteiger partial charge in [0.25, 0.3) is 0 Å². The molecule has 7 heteroatoms. The number of hydrogen-bond donors (Lipinski definition) is 2. The number of nitrogens with zero attached hydrogens (tertiary/aromatic N) is 3. The van der Waals surface area contributed by atoms with Gasteiger partial charge in [0, 0.05) is 18.3 Å². The lowest BCUT2D eigenvalue weighted by atomic mass is 10.1. The first-order chi connectivity index (χ1) is 12.7. The van der Waals surface area contributed by atoms with Gasteiger partial charge in [-0.05, 0) is 30.0 Å². The zero-order valence-corrected chi connectivity index (χ0v) is 13.8. The van der Waals surface area contributed by atoms with Gasteiger partial charge in [-0.25, -0.2) is 14.8 Å². The number of benzene rings is 1. The molecule has 26 heavy (non-hydrogen) atoms. The molecule has 0 spiro atoms. The minimum atomic E-state index is -1.06. The van der Waals surface area contributed by atoms with E-state index in [1.165, 1.54) is 35.9 Å². The van der Waals surface area contributed by atoms with Crippen LogP contribution in [0.25, 0.3) is 0 Å². The van der Waals surface area contributed by atoms with Crippen LogP contribution in [0, 0.1) is 0 Å². The van der Waals surface area contributed by atoms with Gasteiger partial charge < -0.3 is 15.2 Å². The maximum absolute atomic E-state index is 11.0. The summed E-state index contributed by atoms with van der Waals surface area (Å²) in [6.45, 7) is 0. The number of aromatic carboxylic acids is 1. The molecule has 0 fully saturated rings. The number of anilines is 1. The Morgan fingerprint density at radius 2 is 1.88 bits per heavy atom. The maximum atomic E-state index is 11.0. The first kappa shape index (κ1) is 16.0. The Morgan fingerprint density at radius 3 is 2.62 bits per heavy atom. The minimum Gasteiger partial charge on any atom is -0.478 e. The lowest BCUT2D eigenvalue weighted by Crippen LogP contribution is -2.20. The predicted octanol–water partition coefficient (Wildman–Crippen LogP) is 2.94. The van der Waals surface area contributed by atoms with Crippen molar-refractivity contribution >= 4 is 11.8 Å². The molecule has 0 atom stereocenters. The molecule has 1 aromatic carbocycles. The normalized spacial score (nSPS) is 13.2. The molecular weight excluding hydrogens is 332 g/mol. The first-order valence-corrected chi connectivity index (χ1v) is 8.19. The zero-order chi connectivity index (χ0) is 17.9. The maximum Gasteiger partial charge on any atom is 0.337 e.